The van der Waals surface area contributed by atoms with Crippen molar-refractivity contribution in [2.24, 2.45) is 0 Å². The Hall–Kier alpha value is -3.30. The lowest BCUT2D eigenvalue weighted by molar-refractivity contribution is -0.123. The van der Waals surface area contributed by atoms with Crippen LogP contribution in [-0.2, 0) is 16.0 Å². The summed E-state index contributed by atoms with van der Waals surface area (Å²) >= 11 is 5.84. The lowest BCUT2D eigenvalue weighted by atomic mass is 10.1. The summed E-state index contributed by atoms with van der Waals surface area (Å²) in [5.41, 5.74) is 7.39. The maximum atomic E-state index is 12.6. The van der Waals surface area contributed by atoms with Crippen LogP contribution in [0, 0.1) is 11.3 Å². The van der Waals surface area contributed by atoms with Gasteiger partial charge in [0.15, 0.2) is 0 Å². The molecular weight excluding hydrogens is 364 g/mol. The van der Waals surface area contributed by atoms with Gasteiger partial charge >= 0.3 is 0 Å². The molecule has 0 radical (unpaired) electrons. The van der Waals surface area contributed by atoms with Crippen LogP contribution >= 0.6 is 11.6 Å². The molecule has 0 aromatic heterocycles. The van der Waals surface area contributed by atoms with E-state index in [1.807, 2.05) is 18.2 Å². The molecule has 6 nitrogen and oxygen atoms in total. The van der Waals surface area contributed by atoms with Gasteiger partial charge in [-0.25, -0.2) is 4.90 Å². The first-order valence-corrected chi connectivity index (χ1v) is 8.59. The number of carbonyl (C=O) groups excluding carboxylic acids is 2. The van der Waals surface area contributed by atoms with Crippen molar-refractivity contribution in [1.82, 2.24) is 5.32 Å². The summed E-state index contributed by atoms with van der Waals surface area (Å²) < 4.78 is 0. The highest BCUT2D eigenvalue weighted by molar-refractivity contribution is 6.30. The molecule has 0 unspecified atom stereocenters. The third-order valence-corrected chi connectivity index (χ3v) is 3.99. The molecule has 0 bridgehead atoms. The predicted octanol–water partition coefficient (Wildman–Crippen LogP) is 3.04. The molecule has 0 aliphatic carbocycles. The van der Waals surface area contributed by atoms with E-state index in [1.165, 1.54) is 13.1 Å². The standard InChI is InChI=1S/C20H19ClN4O2/c1-14(26)25(19-8-6-18(23)7-9-19)20(27)16(12-22)13-24-11-10-15-2-4-17(21)5-3-15/h2-9,13,24H,10-11,23H2,1H3/b16-13-. The zero-order valence-electron chi connectivity index (χ0n) is 14.8. The molecule has 7 heteroatoms. The van der Waals surface area contributed by atoms with Gasteiger partial charge in [0.2, 0.25) is 5.91 Å². The van der Waals surface area contributed by atoms with E-state index in [2.05, 4.69) is 5.32 Å². The van der Waals surface area contributed by atoms with Crippen molar-refractivity contribution in [3.05, 3.63) is 70.9 Å². The smallest absolute Gasteiger partial charge is 0.277 e. The van der Waals surface area contributed by atoms with Crippen LogP contribution in [0.15, 0.2) is 60.3 Å². The summed E-state index contributed by atoms with van der Waals surface area (Å²) in [4.78, 5) is 25.5. The van der Waals surface area contributed by atoms with Crippen molar-refractivity contribution in [1.29, 1.82) is 5.26 Å². The van der Waals surface area contributed by atoms with E-state index in [-0.39, 0.29) is 5.57 Å². The van der Waals surface area contributed by atoms with Gasteiger partial charge in [-0.1, -0.05) is 23.7 Å². The quantitative estimate of drug-likeness (QED) is 0.346. The highest BCUT2D eigenvalue weighted by Gasteiger charge is 2.23. The van der Waals surface area contributed by atoms with E-state index < -0.39 is 11.8 Å². The second kappa shape index (κ2) is 9.41. The zero-order chi connectivity index (χ0) is 19.8. The number of imide groups is 1. The number of amides is 2. The van der Waals surface area contributed by atoms with E-state index in [4.69, 9.17) is 17.3 Å². The number of hydrogen-bond donors (Lipinski definition) is 2. The second-order valence-electron chi connectivity index (χ2n) is 5.75. The van der Waals surface area contributed by atoms with E-state index in [0.29, 0.717) is 29.4 Å². The first-order valence-electron chi connectivity index (χ1n) is 8.21. The van der Waals surface area contributed by atoms with Gasteiger partial charge in [0, 0.05) is 30.4 Å². The highest BCUT2D eigenvalue weighted by atomic mass is 35.5. The Morgan fingerprint density at radius 1 is 1.19 bits per heavy atom. The molecule has 0 atom stereocenters. The summed E-state index contributed by atoms with van der Waals surface area (Å²) in [6.07, 6.45) is 2.01. The second-order valence-corrected chi connectivity index (χ2v) is 6.19. The average molecular weight is 383 g/mol. The van der Waals surface area contributed by atoms with Crippen molar-refractivity contribution < 1.29 is 9.59 Å². The molecule has 27 heavy (non-hydrogen) atoms. The SMILES string of the molecule is CC(=O)N(C(=O)/C(C#N)=C\NCCc1ccc(Cl)cc1)c1ccc(N)cc1. The van der Waals surface area contributed by atoms with E-state index in [1.54, 1.807) is 36.4 Å². The Kier molecular flexibility index (Phi) is 6.98. The number of benzene rings is 2. The number of anilines is 2. The number of nitriles is 1. The molecule has 138 valence electrons. The molecule has 0 saturated heterocycles. The summed E-state index contributed by atoms with van der Waals surface area (Å²) in [7, 11) is 0. The maximum Gasteiger partial charge on any atom is 0.277 e. The minimum absolute atomic E-state index is 0.168. The zero-order valence-corrected chi connectivity index (χ0v) is 15.5. The van der Waals surface area contributed by atoms with E-state index in [9.17, 15) is 14.9 Å². The summed E-state index contributed by atoms with van der Waals surface area (Å²) in [6, 6.07) is 15.5. The molecule has 0 fully saturated rings. The van der Waals surface area contributed by atoms with Crippen molar-refractivity contribution >= 4 is 34.8 Å². The largest absolute Gasteiger partial charge is 0.399 e. The van der Waals surface area contributed by atoms with E-state index >= 15 is 0 Å². The van der Waals surface area contributed by atoms with Gasteiger partial charge in [-0.05, 0) is 48.4 Å². The molecule has 0 aliphatic rings. The van der Waals surface area contributed by atoms with Crippen LogP contribution in [0.25, 0.3) is 0 Å². The molecule has 2 rings (SSSR count). The number of rotatable bonds is 6. The summed E-state index contributed by atoms with van der Waals surface area (Å²) in [5, 5.41) is 12.9. The fourth-order valence-corrected chi connectivity index (χ4v) is 2.50. The number of nitrogens with one attached hydrogen (secondary N) is 1. The molecule has 0 saturated carbocycles. The van der Waals surface area contributed by atoms with Gasteiger partial charge in [-0.15, -0.1) is 0 Å². The molecule has 0 aliphatic heterocycles. The number of halogens is 1. The molecule has 0 heterocycles. The number of nitrogens with zero attached hydrogens (tertiary/aromatic N) is 2. The van der Waals surface area contributed by atoms with Crippen LogP contribution in [0.4, 0.5) is 11.4 Å². The summed E-state index contributed by atoms with van der Waals surface area (Å²) in [6.45, 7) is 1.78. The summed E-state index contributed by atoms with van der Waals surface area (Å²) in [5.74, 6) is -1.19. The minimum atomic E-state index is -0.700. The predicted molar refractivity (Wildman–Crippen MR) is 106 cm³/mol. The molecule has 2 aromatic carbocycles. The lowest BCUT2D eigenvalue weighted by Gasteiger charge is -2.19. The molecular formula is C20H19ClN4O2. The van der Waals surface area contributed by atoms with Crippen LogP contribution < -0.4 is 16.0 Å². The van der Waals surface area contributed by atoms with E-state index in [0.717, 1.165) is 10.5 Å². The fraction of sp³-hybridized carbons (Fsp3) is 0.150. The van der Waals surface area contributed by atoms with Crippen LogP contribution in [0.5, 0.6) is 0 Å². The number of hydrogen-bond acceptors (Lipinski definition) is 5. The van der Waals surface area contributed by atoms with Crippen molar-refractivity contribution in [3.8, 4) is 6.07 Å². The van der Waals surface area contributed by atoms with Gasteiger partial charge in [0.25, 0.3) is 5.91 Å². The third-order valence-electron chi connectivity index (χ3n) is 3.74. The van der Waals surface area contributed by atoms with Gasteiger partial charge in [-0.2, -0.15) is 5.26 Å². The van der Waals surface area contributed by atoms with Gasteiger partial charge < -0.3 is 11.1 Å². The van der Waals surface area contributed by atoms with Crippen LogP contribution in [0.1, 0.15) is 12.5 Å². The number of nitrogen functional groups attached to an aromatic ring is 1. The number of carbonyl (C=O) groups is 2. The number of nitrogens with two attached hydrogens (primary N) is 1. The lowest BCUT2D eigenvalue weighted by Crippen LogP contribution is -2.36. The Morgan fingerprint density at radius 2 is 1.81 bits per heavy atom. The molecule has 3 N–H and O–H groups in total. The van der Waals surface area contributed by atoms with Crippen LogP contribution in [0.2, 0.25) is 5.02 Å². The topological polar surface area (TPSA) is 99.2 Å². The van der Waals surface area contributed by atoms with Crippen LogP contribution in [0.3, 0.4) is 0 Å². The Balaban J connectivity index is 2.06. The van der Waals surface area contributed by atoms with Crippen molar-refractivity contribution in [2.45, 2.75) is 13.3 Å². The molecule has 2 aromatic rings. The Labute approximate surface area is 162 Å². The third kappa shape index (κ3) is 5.59. The average Bonchev–Trinajstić information content (AvgIpc) is 2.64. The monoisotopic (exact) mass is 382 g/mol. The van der Waals surface area contributed by atoms with Crippen molar-refractivity contribution in [3.63, 3.8) is 0 Å². The fourth-order valence-electron chi connectivity index (χ4n) is 2.37. The Bertz CT molecular complexity index is 884. The first kappa shape index (κ1) is 20.0. The normalized spacial score (nSPS) is 10.8. The van der Waals surface area contributed by atoms with Gasteiger partial charge in [0.05, 0.1) is 5.69 Å². The van der Waals surface area contributed by atoms with Crippen molar-refractivity contribution in [2.75, 3.05) is 17.2 Å². The first-order chi connectivity index (χ1) is 12.9. The molecule has 2 amide bonds. The minimum Gasteiger partial charge on any atom is -0.399 e. The molecule has 0 spiro atoms. The maximum absolute atomic E-state index is 12.6. The van der Waals surface area contributed by atoms with Crippen LogP contribution in [-0.4, -0.2) is 18.4 Å². The Morgan fingerprint density at radius 3 is 2.37 bits per heavy atom. The highest BCUT2D eigenvalue weighted by Crippen LogP contribution is 2.18. The van der Waals surface area contributed by atoms with Gasteiger partial charge in [-0.3, -0.25) is 9.59 Å². The van der Waals surface area contributed by atoms with Gasteiger partial charge in [0.1, 0.15) is 11.6 Å².